The fourth-order valence-corrected chi connectivity index (χ4v) is 7.21. The third-order valence-corrected chi connectivity index (χ3v) is 10.6. The van der Waals surface area contributed by atoms with Crippen molar-refractivity contribution in [3.63, 3.8) is 0 Å². The second-order valence-corrected chi connectivity index (χ2v) is 15.9. The van der Waals surface area contributed by atoms with Crippen molar-refractivity contribution in [1.82, 2.24) is 31.5 Å². The Kier molecular flexibility index (Phi) is 26.4. The fourth-order valence-electron chi connectivity index (χ4n) is 7.21. The van der Waals surface area contributed by atoms with Gasteiger partial charge in [0.25, 0.3) is 0 Å². The Morgan fingerprint density at radius 1 is 0.344 bits per heavy atom. The second kappa shape index (κ2) is 32.1. The van der Waals surface area contributed by atoms with Crippen LogP contribution in [-0.4, -0.2) is 106 Å². The van der Waals surface area contributed by atoms with E-state index in [1.165, 1.54) is 35.5 Å². The number of nitrogens with one attached hydrogen (secondary N) is 5. The van der Waals surface area contributed by atoms with Gasteiger partial charge in [-0.25, -0.2) is 29.1 Å². The average Bonchev–Trinajstić information content (AvgIpc) is 3.27. The lowest BCUT2D eigenvalue weighted by Gasteiger charge is -2.23. The zero-order valence-electron chi connectivity index (χ0n) is 38.5. The normalized spacial score (nSPS) is 10.9. The summed E-state index contributed by atoms with van der Waals surface area (Å²) in [5.41, 5.74) is 1.67. The highest BCUT2D eigenvalue weighted by molar-refractivity contribution is 6.14. The molecule has 15 nitrogen and oxygen atoms in total. The van der Waals surface area contributed by atoms with Crippen molar-refractivity contribution < 1.29 is 28.8 Å². The van der Waals surface area contributed by atoms with Gasteiger partial charge in [-0.05, 0) is 94.6 Å². The van der Waals surface area contributed by atoms with E-state index in [9.17, 15) is 28.8 Å². The van der Waals surface area contributed by atoms with Crippen LogP contribution in [0.5, 0.6) is 0 Å². The zero-order valence-corrected chi connectivity index (χ0v) is 38.5. The Morgan fingerprint density at radius 3 is 0.922 bits per heavy atom. The summed E-state index contributed by atoms with van der Waals surface area (Å²) < 4.78 is 0. The highest BCUT2D eigenvalue weighted by atomic mass is 16.2. The van der Waals surface area contributed by atoms with Crippen molar-refractivity contribution in [1.29, 1.82) is 0 Å². The molecule has 5 N–H and O–H groups in total. The van der Waals surface area contributed by atoms with E-state index in [0.717, 1.165) is 123 Å². The summed E-state index contributed by atoms with van der Waals surface area (Å²) >= 11 is 0. The van der Waals surface area contributed by atoms with Gasteiger partial charge in [0.15, 0.2) is 0 Å². The molecule has 9 amide bonds. The number of imide groups is 3. The lowest BCUT2D eigenvalue weighted by atomic mass is 10.2. The van der Waals surface area contributed by atoms with Crippen LogP contribution >= 0.6 is 0 Å². The molecule has 0 bridgehead atoms. The fraction of sp³-hybridized carbons (Fsp3) is 0.510. The number of nitrogens with zero attached hydrogens (tertiary/aromatic N) is 4. The molecule has 3 aromatic rings. The molecule has 0 aromatic heterocycles. The summed E-state index contributed by atoms with van der Waals surface area (Å²) in [5, 5.41) is 15.8. The number of rotatable bonds is 30. The molecule has 15 heteroatoms. The van der Waals surface area contributed by atoms with Gasteiger partial charge in [-0.2, -0.15) is 0 Å². The van der Waals surface area contributed by atoms with Gasteiger partial charge in [0.05, 0.1) is 17.1 Å². The van der Waals surface area contributed by atoms with Crippen LogP contribution in [0.25, 0.3) is 0 Å². The van der Waals surface area contributed by atoms with Crippen LogP contribution in [0.3, 0.4) is 0 Å². The monoisotopic (exact) mass is 884 g/mol. The molecule has 0 saturated heterocycles. The highest BCUT2D eigenvalue weighted by Crippen LogP contribution is 2.16. The van der Waals surface area contributed by atoms with Gasteiger partial charge in [0.2, 0.25) is 17.7 Å². The quantitative estimate of drug-likeness (QED) is 0.0427. The number of para-hydroxylation sites is 3. The first-order valence-electron chi connectivity index (χ1n) is 23.1. The minimum Gasteiger partial charge on any atom is -0.337 e. The molecule has 0 atom stereocenters. The van der Waals surface area contributed by atoms with Crippen LogP contribution in [0.4, 0.5) is 31.4 Å². The molecule has 3 rings (SSSR count). The lowest BCUT2D eigenvalue weighted by Crippen LogP contribution is -2.43. The molecule has 0 fully saturated rings. The van der Waals surface area contributed by atoms with E-state index >= 15 is 0 Å². The number of carbonyl (C=O) groups is 6. The second-order valence-electron chi connectivity index (χ2n) is 15.9. The number of unbranched alkanes of at least 4 members (excludes halogenated alkanes) is 9. The number of anilines is 3. The molecule has 0 radical (unpaired) electrons. The van der Waals surface area contributed by atoms with Crippen LogP contribution in [-0.2, 0) is 14.4 Å². The van der Waals surface area contributed by atoms with E-state index < -0.39 is 18.1 Å². The molecule has 64 heavy (non-hydrogen) atoms. The van der Waals surface area contributed by atoms with Gasteiger partial charge in [-0.15, -0.1) is 0 Å². The van der Waals surface area contributed by atoms with Crippen molar-refractivity contribution in [3.05, 3.63) is 91.0 Å². The summed E-state index contributed by atoms with van der Waals surface area (Å²) in [7, 11) is 0. The van der Waals surface area contributed by atoms with Crippen molar-refractivity contribution in [2.24, 2.45) is 0 Å². The average molecular weight is 884 g/mol. The first-order valence-corrected chi connectivity index (χ1v) is 23.1. The van der Waals surface area contributed by atoms with E-state index in [4.69, 9.17) is 0 Å². The molecular weight excluding hydrogens is 811 g/mol. The van der Waals surface area contributed by atoms with Crippen LogP contribution < -0.4 is 41.3 Å². The molecule has 0 aliphatic rings. The van der Waals surface area contributed by atoms with E-state index in [0.29, 0.717) is 36.7 Å². The van der Waals surface area contributed by atoms with Gasteiger partial charge in [-0.1, -0.05) is 93.1 Å². The Labute approximate surface area is 381 Å². The van der Waals surface area contributed by atoms with Crippen LogP contribution in [0.2, 0.25) is 0 Å². The zero-order chi connectivity index (χ0) is 46.2. The molecule has 350 valence electrons. The first kappa shape index (κ1) is 52.7. The van der Waals surface area contributed by atoms with Gasteiger partial charge in [-0.3, -0.25) is 14.4 Å². The van der Waals surface area contributed by atoms with Crippen LogP contribution in [0.1, 0.15) is 97.8 Å². The summed E-state index contributed by atoms with van der Waals surface area (Å²) in [6.45, 7) is 12.2. The number of benzene rings is 3. The van der Waals surface area contributed by atoms with Crippen LogP contribution in [0, 0.1) is 0 Å². The number of hydrogen-bond donors (Lipinski definition) is 5. The maximum Gasteiger partial charge on any atom is 0.328 e. The van der Waals surface area contributed by atoms with Gasteiger partial charge in [0, 0.05) is 66.6 Å². The maximum absolute atomic E-state index is 12.7. The third-order valence-electron chi connectivity index (χ3n) is 10.6. The summed E-state index contributed by atoms with van der Waals surface area (Å²) in [4.78, 5) is 80.4. The number of urea groups is 3. The van der Waals surface area contributed by atoms with Crippen molar-refractivity contribution in [2.75, 3.05) is 80.1 Å². The largest absolute Gasteiger partial charge is 0.337 e. The van der Waals surface area contributed by atoms with Crippen molar-refractivity contribution >= 4 is 52.9 Å². The SMILES string of the molecule is CC(=O)N(C(=O)NCCCCCCNCCN(CCCCCCNC(=O)N(C(C)=O)c1ccccc1)CCNCCCCCCNC(=O)N(C(C)=O)c1ccccc1)c1ccccc1. The maximum atomic E-state index is 12.7. The van der Waals surface area contributed by atoms with Crippen molar-refractivity contribution in [2.45, 2.75) is 97.8 Å². The predicted molar refractivity (Wildman–Crippen MR) is 257 cm³/mol. The highest BCUT2D eigenvalue weighted by Gasteiger charge is 2.21. The minimum absolute atomic E-state index is 0.321. The lowest BCUT2D eigenvalue weighted by molar-refractivity contribution is -0.116. The van der Waals surface area contributed by atoms with Gasteiger partial charge >= 0.3 is 18.1 Å². The Balaban J connectivity index is 1.30. The number of hydrogen-bond acceptors (Lipinski definition) is 9. The minimum atomic E-state index is -0.402. The van der Waals surface area contributed by atoms with E-state index in [1.54, 1.807) is 72.8 Å². The third kappa shape index (κ3) is 21.2. The molecule has 0 aliphatic carbocycles. The Morgan fingerprint density at radius 2 is 0.625 bits per heavy atom. The van der Waals surface area contributed by atoms with Gasteiger partial charge in [0.1, 0.15) is 0 Å². The molecule has 0 heterocycles. The smallest absolute Gasteiger partial charge is 0.328 e. The van der Waals surface area contributed by atoms with Crippen molar-refractivity contribution in [3.8, 4) is 0 Å². The van der Waals surface area contributed by atoms with E-state index in [-0.39, 0.29) is 17.7 Å². The molecule has 3 aromatic carbocycles. The summed E-state index contributed by atoms with van der Waals surface area (Å²) in [6, 6.07) is 25.6. The predicted octanol–water partition coefficient (Wildman–Crippen LogP) is 7.44. The standard InChI is InChI=1S/C49H73N9O6/c1-41(59)56(44-25-13-10-14-26-44)47(62)52-33-21-6-4-19-31-50-36-39-55(38-24-9-8-23-35-54-49(64)58(43(3)61)46-29-17-12-18-30-46)40-37-51-32-20-5-7-22-34-53-48(63)57(42(2)60)45-27-15-11-16-28-45/h10-18,25-30,50-51H,4-9,19-24,31-40H2,1-3H3,(H,52,62)(H,53,63)(H,54,64). The molecular formula is C49H73N9O6. The Bertz CT molecular complexity index is 1710. The summed E-state index contributed by atoms with van der Waals surface area (Å²) in [5.74, 6) is -0.965. The summed E-state index contributed by atoms with van der Waals surface area (Å²) in [6.07, 6.45) is 11.8. The molecule has 0 unspecified atom stereocenters. The molecule has 0 aliphatic heterocycles. The number of amides is 9. The topological polar surface area (TPSA) is 176 Å². The molecule has 0 saturated carbocycles. The van der Waals surface area contributed by atoms with E-state index in [1.807, 2.05) is 18.2 Å². The van der Waals surface area contributed by atoms with Crippen LogP contribution in [0.15, 0.2) is 91.0 Å². The molecule has 0 spiro atoms. The first-order chi connectivity index (χ1) is 31.1. The number of carbonyl (C=O) groups excluding carboxylic acids is 6. The Hall–Kier alpha value is -5.64. The van der Waals surface area contributed by atoms with Gasteiger partial charge < -0.3 is 31.5 Å². The van der Waals surface area contributed by atoms with E-state index in [2.05, 4.69) is 31.5 Å².